The maximum atomic E-state index is 9.33. The van der Waals surface area contributed by atoms with Crippen molar-refractivity contribution >= 4 is 5.69 Å². The van der Waals surface area contributed by atoms with Gasteiger partial charge < -0.3 is 10.0 Å². The molecule has 3 nitrogen and oxygen atoms in total. The third-order valence-corrected chi connectivity index (χ3v) is 3.47. The number of hydrogen-bond donors (Lipinski definition) is 1. The SMILES string of the molecule is CCC1CCN(c2cc(C)ncc2CO)C1. The highest BCUT2D eigenvalue weighted by molar-refractivity contribution is 5.54. The summed E-state index contributed by atoms with van der Waals surface area (Å²) >= 11 is 0. The largest absolute Gasteiger partial charge is 0.392 e. The Hall–Kier alpha value is -1.09. The van der Waals surface area contributed by atoms with Crippen molar-refractivity contribution in [3.05, 3.63) is 23.5 Å². The minimum Gasteiger partial charge on any atom is -0.392 e. The molecule has 1 aliphatic heterocycles. The first kappa shape index (κ1) is 11.4. The number of nitrogens with zero attached hydrogens (tertiary/aromatic N) is 2. The summed E-state index contributed by atoms with van der Waals surface area (Å²) in [5, 5.41) is 9.33. The normalized spacial score (nSPS) is 20.4. The van der Waals surface area contributed by atoms with E-state index in [-0.39, 0.29) is 6.61 Å². The molecule has 2 rings (SSSR count). The zero-order valence-corrected chi connectivity index (χ0v) is 10.1. The highest BCUT2D eigenvalue weighted by Crippen LogP contribution is 2.28. The Labute approximate surface area is 97.1 Å². The molecule has 0 spiro atoms. The number of hydrogen-bond acceptors (Lipinski definition) is 3. The van der Waals surface area contributed by atoms with E-state index in [1.165, 1.54) is 18.5 Å². The van der Waals surface area contributed by atoms with Crippen LogP contribution in [-0.4, -0.2) is 23.2 Å². The molecule has 1 aromatic heterocycles. The molecule has 0 aliphatic carbocycles. The quantitative estimate of drug-likeness (QED) is 0.847. The second kappa shape index (κ2) is 4.83. The Morgan fingerprint density at radius 1 is 1.56 bits per heavy atom. The van der Waals surface area contributed by atoms with Crippen LogP contribution in [-0.2, 0) is 6.61 Å². The number of aliphatic hydroxyl groups excluding tert-OH is 1. The van der Waals surface area contributed by atoms with Crippen molar-refractivity contribution in [1.82, 2.24) is 4.98 Å². The van der Waals surface area contributed by atoms with Gasteiger partial charge in [-0.3, -0.25) is 4.98 Å². The number of anilines is 1. The number of aryl methyl sites for hydroxylation is 1. The predicted octanol–water partition coefficient (Wildman–Crippen LogP) is 2.12. The molecule has 16 heavy (non-hydrogen) atoms. The molecule has 1 aromatic rings. The van der Waals surface area contributed by atoms with Crippen molar-refractivity contribution < 1.29 is 5.11 Å². The minimum absolute atomic E-state index is 0.0793. The Kier molecular flexibility index (Phi) is 3.44. The van der Waals surface area contributed by atoms with Gasteiger partial charge in [-0.1, -0.05) is 13.3 Å². The first-order valence-corrected chi connectivity index (χ1v) is 6.06. The molecule has 0 radical (unpaired) electrons. The molecule has 0 amide bonds. The molecule has 1 aliphatic rings. The molecule has 88 valence electrons. The van der Waals surface area contributed by atoms with Crippen LogP contribution < -0.4 is 4.90 Å². The molecule has 0 saturated carbocycles. The van der Waals surface area contributed by atoms with Gasteiger partial charge in [0.15, 0.2) is 0 Å². The number of pyridine rings is 1. The molecule has 1 unspecified atom stereocenters. The van der Waals surface area contributed by atoms with Gasteiger partial charge in [-0.05, 0) is 25.3 Å². The number of aromatic nitrogens is 1. The summed E-state index contributed by atoms with van der Waals surface area (Å²) in [6.07, 6.45) is 4.31. The average Bonchev–Trinajstić information content (AvgIpc) is 2.77. The van der Waals surface area contributed by atoms with Crippen LogP contribution in [0.15, 0.2) is 12.3 Å². The van der Waals surface area contributed by atoms with Crippen LogP contribution in [0.1, 0.15) is 31.0 Å². The smallest absolute Gasteiger partial charge is 0.0717 e. The molecule has 1 N–H and O–H groups in total. The Morgan fingerprint density at radius 3 is 3.00 bits per heavy atom. The topological polar surface area (TPSA) is 36.4 Å². The van der Waals surface area contributed by atoms with E-state index < -0.39 is 0 Å². The summed E-state index contributed by atoms with van der Waals surface area (Å²) in [4.78, 5) is 6.62. The standard InChI is InChI=1S/C13H20N2O/c1-3-11-4-5-15(8-11)13-6-10(2)14-7-12(13)9-16/h6-7,11,16H,3-5,8-9H2,1-2H3. The lowest BCUT2D eigenvalue weighted by Gasteiger charge is -2.21. The lowest BCUT2D eigenvalue weighted by Crippen LogP contribution is -2.21. The van der Waals surface area contributed by atoms with Crippen molar-refractivity contribution in [3.63, 3.8) is 0 Å². The van der Waals surface area contributed by atoms with Crippen LogP contribution in [0, 0.1) is 12.8 Å². The van der Waals surface area contributed by atoms with E-state index in [1.807, 2.05) is 6.92 Å². The summed E-state index contributed by atoms with van der Waals surface area (Å²) in [6.45, 7) is 6.55. The fourth-order valence-electron chi connectivity index (χ4n) is 2.37. The summed E-state index contributed by atoms with van der Waals surface area (Å²) in [7, 11) is 0. The summed E-state index contributed by atoms with van der Waals surface area (Å²) < 4.78 is 0. The van der Waals surface area contributed by atoms with Crippen LogP contribution >= 0.6 is 0 Å². The van der Waals surface area contributed by atoms with Gasteiger partial charge in [0.1, 0.15) is 0 Å². The first-order valence-electron chi connectivity index (χ1n) is 6.06. The third kappa shape index (κ3) is 2.19. The molecule has 2 heterocycles. The fourth-order valence-corrected chi connectivity index (χ4v) is 2.37. The van der Waals surface area contributed by atoms with Crippen molar-refractivity contribution in [2.24, 2.45) is 5.92 Å². The lowest BCUT2D eigenvalue weighted by molar-refractivity contribution is 0.281. The number of aliphatic hydroxyl groups is 1. The molecule has 3 heteroatoms. The first-order chi connectivity index (χ1) is 7.74. The lowest BCUT2D eigenvalue weighted by atomic mass is 10.1. The van der Waals surface area contributed by atoms with Gasteiger partial charge in [-0.15, -0.1) is 0 Å². The van der Waals surface area contributed by atoms with Gasteiger partial charge >= 0.3 is 0 Å². The van der Waals surface area contributed by atoms with Crippen LogP contribution in [0.25, 0.3) is 0 Å². The maximum Gasteiger partial charge on any atom is 0.0717 e. The summed E-state index contributed by atoms with van der Waals surface area (Å²) in [5.41, 5.74) is 3.14. The zero-order valence-electron chi connectivity index (χ0n) is 10.1. The Balaban J connectivity index is 2.22. The third-order valence-electron chi connectivity index (χ3n) is 3.47. The maximum absolute atomic E-state index is 9.33. The van der Waals surface area contributed by atoms with Crippen molar-refractivity contribution in [2.45, 2.75) is 33.3 Å². The molecule has 1 saturated heterocycles. The number of rotatable bonds is 3. The van der Waals surface area contributed by atoms with E-state index in [1.54, 1.807) is 6.20 Å². The Morgan fingerprint density at radius 2 is 2.38 bits per heavy atom. The Bertz CT molecular complexity index is 365. The van der Waals surface area contributed by atoms with Gasteiger partial charge in [-0.25, -0.2) is 0 Å². The van der Waals surface area contributed by atoms with Crippen molar-refractivity contribution in [1.29, 1.82) is 0 Å². The van der Waals surface area contributed by atoms with Gasteiger partial charge in [0.05, 0.1) is 6.61 Å². The van der Waals surface area contributed by atoms with Crippen LogP contribution in [0.2, 0.25) is 0 Å². The molecule has 1 atom stereocenters. The van der Waals surface area contributed by atoms with Gasteiger partial charge in [0, 0.05) is 36.2 Å². The monoisotopic (exact) mass is 220 g/mol. The second-order valence-electron chi connectivity index (χ2n) is 4.62. The second-order valence-corrected chi connectivity index (χ2v) is 4.62. The zero-order chi connectivity index (χ0) is 11.5. The van der Waals surface area contributed by atoms with Crippen molar-refractivity contribution in [2.75, 3.05) is 18.0 Å². The van der Waals surface area contributed by atoms with E-state index in [0.29, 0.717) is 0 Å². The van der Waals surface area contributed by atoms with E-state index >= 15 is 0 Å². The van der Waals surface area contributed by atoms with E-state index in [2.05, 4.69) is 22.9 Å². The minimum atomic E-state index is 0.0793. The summed E-state index contributed by atoms with van der Waals surface area (Å²) in [6, 6.07) is 2.09. The predicted molar refractivity (Wildman–Crippen MR) is 65.5 cm³/mol. The highest BCUT2D eigenvalue weighted by atomic mass is 16.3. The van der Waals surface area contributed by atoms with Crippen molar-refractivity contribution in [3.8, 4) is 0 Å². The van der Waals surface area contributed by atoms with Gasteiger partial charge in [0.2, 0.25) is 0 Å². The van der Waals surface area contributed by atoms with Crippen LogP contribution in [0.5, 0.6) is 0 Å². The van der Waals surface area contributed by atoms with E-state index in [0.717, 1.165) is 30.3 Å². The van der Waals surface area contributed by atoms with E-state index in [4.69, 9.17) is 0 Å². The highest BCUT2D eigenvalue weighted by Gasteiger charge is 2.22. The molecular formula is C13H20N2O. The molecule has 0 bridgehead atoms. The molecular weight excluding hydrogens is 200 g/mol. The van der Waals surface area contributed by atoms with Crippen LogP contribution in [0.3, 0.4) is 0 Å². The molecule has 0 aromatic carbocycles. The average molecular weight is 220 g/mol. The van der Waals surface area contributed by atoms with Crippen LogP contribution in [0.4, 0.5) is 5.69 Å². The summed E-state index contributed by atoms with van der Waals surface area (Å²) in [5.74, 6) is 0.806. The van der Waals surface area contributed by atoms with E-state index in [9.17, 15) is 5.11 Å². The molecule has 1 fully saturated rings. The fraction of sp³-hybridized carbons (Fsp3) is 0.615. The van der Waals surface area contributed by atoms with Gasteiger partial charge in [0.25, 0.3) is 0 Å². The van der Waals surface area contributed by atoms with Gasteiger partial charge in [-0.2, -0.15) is 0 Å².